The van der Waals surface area contributed by atoms with Crippen molar-refractivity contribution >= 4 is 17.3 Å². The number of nitrogens with zero attached hydrogens (tertiary/aromatic N) is 3. The average molecular weight is 398 g/mol. The van der Waals surface area contributed by atoms with Crippen LogP contribution in [-0.2, 0) is 11.2 Å². The van der Waals surface area contributed by atoms with E-state index in [0.29, 0.717) is 22.9 Å². The summed E-state index contributed by atoms with van der Waals surface area (Å²) < 4.78 is 15.6. The number of aryl methyl sites for hydroxylation is 1. The number of methoxy groups -OCH3 is 2. The fourth-order valence-electron chi connectivity index (χ4n) is 2.62. The smallest absolute Gasteiger partial charge is 0.292 e. The molecule has 0 atom stereocenters. The van der Waals surface area contributed by atoms with Crippen molar-refractivity contribution in [2.24, 2.45) is 0 Å². The molecular formula is C19H18N4O6. The van der Waals surface area contributed by atoms with Crippen molar-refractivity contribution in [2.75, 3.05) is 19.5 Å². The SMILES string of the molecule is COc1ccc(-c2noc(CCC(=O)Nc3ccccc3[N+](=O)[O-])n2)cc1OC. The minimum absolute atomic E-state index is 0.0274. The summed E-state index contributed by atoms with van der Waals surface area (Å²) in [4.78, 5) is 26.9. The molecule has 0 saturated carbocycles. The molecule has 1 N–H and O–H groups in total. The Balaban J connectivity index is 1.64. The number of hydrogen-bond acceptors (Lipinski definition) is 8. The fourth-order valence-corrected chi connectivity index (χ4v) is 2.62. The summed E-state index contributed by atoms with van der Waals surface area (Å²) in [5.74, 6) is 1.32. The van der Waals surface area contributed by atoms with Gasteiger partial charge in [-0.3, -0.25) is 14.9 Å². The third kappa shape index (κ3) is 4.67. The van der Waals surface area contributed by atoms with Crippen LogP contribution < -0.4 is 14.8 Å². The lowest BCUT2D eigenvalue weighted by Crippen LogP contribution is -2.13. The number of aromatic nitrogens is 2. The molecule has 150 valence electrons. The molecule has 10 nitrogen and oxygen atoms in total. The van der Waals surface area contributed by atoms with Crippen molar-refractivity contribution in [1.82, 2.24) is 10.1 Å². The van der Waals surface area contributed by atoms with Gasteiger partial charge >= 0.3 is 0 Å². The standard InChI is InChI=1S/C19H18N4O6/c1-27-15-8-7-12(11-16(15)28-2)19-21-18(29-22-19)10-9-17(24)20-13-5-3-4-6-14(13)23(25)26/h3-8,11H,9-10H2,1-2H3,(H,20,24). The van der Waals surface area contributed by atoms with Gasteiger partial charge in [0, 0.05) is 24.5 Å². The minimum Gasteiger partial charge on any atom is -0.493 e. The van der Waals surface area contributed by atoms with Gasteiger partial charge in [0.1, 0.15) is 5.69 Å². The van der Waals surface area contributed by atoms with Crippen molar-refractivity contribution in [3.05, 3.63) is 58.5 Å². The second-order valence-electron chi connectivity index (χ2n) is 5.90. The zero-order chi connectivity index (χ0) is 20.8. The number of benzene rings is 2. The van der Waals surface area contributed by atoms with Gasteiger partial charge in [-0.05, 0) is 24.3 Å². The van der Waals surface area contributed by atoms with Crippen molar-refractivity contribution < 1.29 is 23.7 Å². The largest absolute Gasteiger partial charge is 0.493 e. The quantitative estimate of drug-likeness (QED) is 0.452. The predicted molar refractivity (Wildman–Crippen MR) is 103 cm³/mol. The summed E-state index contributed by atoms with van der Waals surface area (Å²) in [5.41, 5.74) is 0.635. The Bertz CT molecular complexity index is 1030. The highest BCUT2D eigenvalue weighted by molar-refractivity contribution is 5.93. The molecule has 3 rings (SSSR count). The lowest BCUT2D eigenvalue weighted by molar-refractivity contribution is -0.383. The van der Waals surface area contributed by atoms with Crippen LogP contribution in [0.4, 0.5) is 11.4 Å². The molecule has 1 amide bonds. The Morgan fingerprint density at radius 2 is 1.93 bits per heavy atom. The second kappa shape index (κ2) is 8.83. The first-order chi connectivity index (χ1) is 14.0. The first-order valence-electron chi connectivity index (χ1n) is 8.60. The normalized spacial score (nSPS) is 10.4. The molecule has 0 aliphatic heterocycles. The van der Waals surface area contributed by atoms with Crippen molar-refractivity contribution in [1.29, 1.82) is 0 Å². The molecule has 1 heterocycles. The first kappa shape index (κ1) is 19.8. The van der Waals surface area contributed by atoms with Gasteiger partial charge in [-0.1, -0.05) is 17.3 Å². The number of carbonyl (C=O) groups excluding carboxylic acids is 1. The summed E-state index contributed by atoms with van der Waals surface area (Å²) >= 11 is 0. The van der Waals surface area contributed by atoms with Crippen molar-refractivity contribution in [3.8, 4) is 22.9 Å². The van der Waals surface area contributed by atoms with Crippen LogP contribution in [0.5, 0.6) is 11.5 Å². The molecule has 0 bridgehead atoms. The number of hydrogen-bond donors (Lipinski definition) is 1. The number of carbonyl (C=O) groups is 1. The van der Waals surface area contributed by atoms with Gasteiger partial charge in [0.2, 0.25) is 17.6 Å². The van der Waals surface area contributed by atoms with E-state index in [1.165, 1.54) is 25.3 Å². The molecule has 2 aromatic carbocycles. The number of anilines is 1. The highest BCUT2D eigenvalue weighted by Crippen LogP contribution is 2.31. The van der Waals surface area contributed by atoms with Crippen LogP contribution in [0, 0.1) is 10.1 Å². The summed E-state index contributed by atoms with van der Waals surface area (Å²) in [7, 11) is 3.07. The summed E-state index contributed by atoms with van der Waals surface area (Å²) in [6.45, 7) is 0. The van der Waals surface area contributed by atoms with E-state index in [0.717, 1.165) is 0 Å². The van der Waals surface area contributed by atoms with Gasteiger partial charge in [-0.2, -0.15) is 4.98 Å². The van der Waals surface area contributed by atoms with E-state index in [-0.39, 0.29) is 30.1 Å². The molecule has 0 radical (unpaired) electrons. The van der Waals surface area contributed by atoms with E-state index in [4.69, 9.17) is 14.0 Å². The van der Waals surface area contributed by atoms with Gasteiger partial charge in [0.25, 0.3) is 5.69 Å². The Labute approximate surface area is 165 Å². The maximum Gasteiger partial charge on any atom is 0.292 e. The summed E-state index contributed by atoms with van der Waals surface area (Å²) in [5, 5.41) is 17.5. The van der Waals surface area contributed by atoms with Crippen LogP contribution in [0.1, 0.15) is 12.3 Å². The Morgan fingerprint density at radius 3 is 2.66 bits per heavy atom. The zero-order valence-corrected chi connectivity index (χ0v) is 15.7. The zero-order valence-electron chi connectivity index (χ0n) is 15.7. The molecule has 0 fully saturated rings. The summed E-state index contributed by atoms with van der Waals surface area (Å²) in [6, 6.07) is 11.1. The minimum atomic E-state index is -0.553. The Morgan fingerprint density at radius 1 is 1.17 bits per heavy atom. The van der Waals surface area contributed by atoms with Crippen molar-refractivity contribution in [2.45, 2.75) is 12.8 Å². The lowest BCUT2D eigenvalue weighted by atomic mass is 10.2. The van der Waals surface area contributed by atoms with Gasteiger partial charge in [-0.15, -0.1) is 0 Å². The van der Waals surface area contributed by atoms with Crippen molar-refractivity contribution in [3.63, 3.8) is 0 Å². The third-order valence-corrected chi connectivity index (χ3v) is 4.05. The van der Waals surface area contributed by atoms with E-state index in [9.17, 15) is 14.9 Å². The van der Waals surface area contributed by atoms with E-state index < -0.39 is 10.8 Å². The Kier molecular flexibility index (Phi) is 6.03. The highest BCUT2D eigenvalue weighted by Gasteiger charge is 2.16. The first-order valence-corrected chi connectivity index (χ1v) is 8.60. The second-order valence-corrected chi connectivity index (χ2v) is 5.90. The molecule has 10 heteroatoms. The summed E-state index contributed by atoms with van der Waals surface area (Å²) in [6.07, 6.45) is 0.215. The molecule has 1 aromatic heterocycles. The molecule has 0 spiro atoms. The van der Waals surface area contributed by atoms with Crippen LogP contribution in [0.15, 0.2) is 47.0 Å². The van der Waals surface area contributed by atoms with Gasteiger partial charge in [-0.25, -0.2) is 0 Å². The fraction of sp³-hybridized carbons (Fsp3) is 0.211. The van der Waals surface area contributed by atoms with E-state index in [1.54, 1.807) is 31.4 Å². The number of nitro benzene ring substituents is 1. The predicted octanol–water partition coefficient (Wildman–Crippen LogP) is 3.23. The molecule has 0 aliphatic rings. The number of nitro groups is 1. The lowest BCUT2D eigenvalue weighted by Gasteiger charge is -2.07. The van der Waals surface area contributed by atoms with E-state index in [2.05, 4.69) is 15.5 Å². The van der Waals surface area contributed by atoms with Crippen LogP contribution in [0.25, 0.3) is 11.4 Å². The van der Waals surface area contributed by atoms with Crippen LogP contribution in [0.3, 0.4) is 0 Å². The van der Waals surface area contributed by atoms with Crippen LogP contribution in [-0.4, -0.2) is 35.2 Å². The molecular weight excluding hydrogens is 380 g/mol. The average Bonchev–Trinajstić information content (AvgIpc) is 3.21. The van der Waals surface area contributed by atoms with Gasteiger partial charge in [0.15, 0.2) is 11.5 Å². The van der Waals surface area contributed by atoms with Gasteiger partial charge in [0.05, 0.1) is 19.1 Å². The molecule has 29 heavy (non-hydrogen) atoms. The third-order valence-electron chi connectivity index (χ3n) is 4.05. The van der Waals surface area contributed by atoms with Gasteiger partial charge < -0.3 is 19.3 Å². The highest BCUT2D eigenvalue weighted by atomic mass is 16.6. The van der Waals surface area contributed by atoms with E-state index >= 15 is 0 Å². The molecule has 0 unspecified atom stereocenters. The number of nitrogens with one attached hydrogen (secondary N) is 1. The topological polar surface area (TPSA) is 130 Å². The monoisotopic (exact) mass is 398 g/mol. The maximum atomic E-state index is 12.1. The maximum absolute atomic E-state index is 12.1. The molecule has 3 aromatic rings. The van der Waals surface area contributed by atoms with Crippen LogP contribution >= 0.6 is 0 Å². The molecule has 0 aliphatic carbocycles. The Hall–Kier alpha value is -3.95. The van der Waals surface area contributed by atoms with E-state index in [1.807, 2.05) is 0 Å². The number of ether oxygens (including phenoxy) is 2. The molecule has 0 saturated heterocycles. The van der Waals surface area contributed by atoms with Crippen LogP contribution in [0.2, 0.25) is 0 Å². The number of amides is 1. The number of rotatable bonds is 8. The number of para-hydroxylation sites is 2.